The highest BCUT2D eigenvalue weighted by molar-refractivity contribution is 7.92. The summed E-state index contributed by atoms with van der Waals surface area (Å²) in [6.45, 7) is 1.48. The zero-order valence-electron chi connectivity index (χ0n) is 15.5. The standard InChI is InChI=1S/C21H18Cl2N2O3S/c1-15-7-10-17(11-8-15)24-21(26)14-25(20-12-9-16(22)13-19(20)23)29(27,28)18-5-3-2-4-6-18/h2-13H,14H2,1H3,(H,24,26). The van der Waals surface area contributed by atoms with E-state index in [1.54, 1.807) is 30.3 Å². The summed E-state index contributed by atoms with van der Waals surface area (Å²) in [6, 6.07) is 19.5. The first-order valence-electron chi connectivity index (χ1n) is 8.67. The molecule has 3 rings (SSSR count). The number of hydrogen-bond acceptors (Lipinski definition) is 3. The van der Waals surface area contributed by atoms with Crippen molar-refractivity contribution in [3.05, 3.63) is 88.4 Å². The van der Waals surface area contributed by atoms with E-state index >= 15 is 0 Å². The third kappa shape index (κ3) is 5.09. The monoisotopic (exact) mass is 448 g/mol. The fourth-order valence-corrected chi connectivity index (χ4v) is 4.69. The number of sulfonamides is 1. The summed E-state index contributed by atoms with van der Waals surface area (Å²) < 4.78 is 27.5. The van der Waals surface area contributed by atoms with Gasteiger partial charge >= 0.3 is 0 Å². The molecule has 8 heteroatoms. The fraction of sp³-hybridized carbons (Fsp3) is 0.0952. The van der Waals surface area contributed by atoms with E-state index in [2.05, 4.69) is 5.32 Å². The number of benzene rings is 3. The minimum atomic E-state index is -4.04. The Hall–Kier alpha value is -2.54. The SMILES string of the molecule is Cc1ccc(NC(=O)CN(c2ccc(Cl)cc2Cl)S(=O)(=O)c2ccccc2)cc1. The van der Waals surface area contributed by atoms with Gasteiger partial charge in [-0.1, -0.05) is 59.1 Å². The highest BCUT2D eigenvalue weighted by atomic mass is 35.5. The Bertz CT molecular complexity index is 1120. The second-order valence-corrected chi connectivity index (χ2v) is 9.04. The average molecular weight is 449 g/mol. The summed E-state index contributed by atoms with van der Waals surface area (Å²) >= 11 is 12.2. The minimum absolute atomic E-state index is 0.0501. The van der Waals surface area contributed by atoms with Gasteiger partial charge in [-0.3, -0.25) is 9.10 Å². The number of nitrogens with zero attached hydrogens (tertiary/aromatic N) is 1. The quantitative estimate of drug-likeness (QED) is 0.567. The molecule has 0 aliphatic carbocycles. The van der Waals surface area contributed by atoms with Crippen LogP contribution in [0.2, 0.25) is 10.0 Å². The Morgan fingerprint density at radius 3 is 2.24 bits per heavy atom. The van der Waals surface area contributed by atoms with Crippen molar-refractivity contribution in [3.8, 4) is 0 Å². The van der Waals surface area contributed by atoms with Crippen molar-refractivity contribution >= 4 is 50.5 Å². The van der Waals surface area contributed by atoms with E-state index in [1.165, 1.54) is 30.3 Å². The predicted molar refractivity (Wildman–Crippen MR) is 117 cm³/mol. The molecule has 1 amide bonds. The van der Waals surface area contributed by atoms with Crippen LogP contribution in [0, 0.1) is 6.92 Å². The number of aryl methyl sites for hydroxylation is 1. The van der Waals surface area contributed by atoms with Crippen LogP contribution < -0.4 is 9.62 Å². The Morgan fingerprint density at radius 1 is 0.966 bits per heavy atom. The van der Waals surface area contributed by atoms with Crippen LogP contribution in [0.15, 0.2) is 77.7 Å². The van der Waals surface area contributed by atoms with Crippen molar-refractivity contribution in [2.75, 3.05) is 16.2 Å². The number of rotatable bonds is 6. The molecule has 0 saturated carbocycles. The second-order valence-electron chi connectivity index (χ2n) is 6.33. The molecule has 0 aliphatic rings. The molecule has 5 nitrogen and oxygen atoms in total. The van der Waals surface area contributed by atoms with Crippen molar-refractivity contribution in [2.45, 2.75) is 11.8 Å². The Morgan fingerprint density at radius 2 is 1.62 bits per heavy atom. The van der Waals surface area contributed by atoms with Crippen molar-refractivity contribution in [1.29, 1.82) is 0 Å². The summed E-state index contributed by atoms with van der Waals surface area (Å²) in [5, 5.41) is 3.20. The lowest BCUT2D eigenvalue weighted by atomic mass is 10.2. The molecule has 0 aromatic heterocycles. The summed E-state index contributed by atoms with van der Waals surface area (Å²) in [7, 11) is -4.04. The number of hydrogen-bond donors (Lipinski definition) is 1. The van der Waals surface area contributed by atoms with Crippen LogP contribution in [0.1, 0.15) is 5.56 Å². The van der Waals surface area contributed by atoms with Gasteiger partial charge in [0, 0.05) is 10.7 Å². The molecular formula is C21H18Cl2N2O3S. The topological polar surface area (TPSA) is 66.5 Å². The summed E-state index contributed by atoms with van der Waals surface area (Å²) in [5.74, 6) is -0.501. The van der Waals surface area contributed by atoms with Crippen LogP contribution in [0.25, 0.3) is 0 Å². The first kappa shape index (κ1) is 21.2. The van der Waals surface area contributed by atoms with Crippen LogP contribution in [0.3, 0.4) is 0 Å². The van der Waals surface area contributed by atoms with E-state index < -0.39 is 22.5 Å². The van der Waals surface area contributed by atoms with Crippen LogP contribution in [0.4, 0.5) is 11.4 Å². The first-order valence-corrected chi connectivity index (χ1v) is 10.9. The van der Waals surface area contributed by atoms with Gasteiger partial charge in [0.05, 0.1) is 15.6 Å². The zero-order valence-corrected chi connectivity index (χ0v) is 17.8. The Balaban J connectivity index is 1.96. The number of amides is 1. The zero-order chi connectivity index (χ0) is 21.0. The van der Waals surface area contributed by atoms with Crippen LogP contribution >= 0.6 is 23.2 Å². The third-order valence-electron chi connectivity index (χ3n) is 4.13. The third-order valence-corrected chi connectivity index (χ3v) is 6.44. The van der Waals surface area contributed by atoms with Crippen LogP contribution in [-0.4, -0.2) is 20.9 Å². The van der Waals surface area contributed by atoms with Gasteiger partial charge in [0.2, 0.25) is 5.91 Å². The number of halogens is 2. The van der Waals surface area contributed by atoms with Gasteiger partial charge < -0.3 is 5.32 Å². The van der Waals surface area contributed by atoms with Gasteiger partial charge in [0.25, 0.3) is 10.0 Å². The number of anilines is 2. The molecule has 29 heavy (non-hydrogen) atoms. The molecule has 0 bridgehead atoms. The average Bonchev–Trinajstić information content (AvgIpc) is 2.69. The molecule has 0 unspecified atom stereocenters. The second kappa shape index (κ2) is 8.86. The van der Waals surface area contributed by atoms with Crippen molar-refractivity contribution in [2.24, 2.45) is 0 Å². The lowest BCUT2D eigenvalue weighted by Crippen LogP contribution is -2.38. The smallest absolute Gasteiger partial charge is 0.264 e. The van der Waals surface area contributed by atoms with E-state index in [-0.39, 0.29) is 15.6 Å². The van der Waals surface area contributed by atoms with Crippen LogP contribution in [-0.2, 0) is 14.8 Å². The molecule has 3 aromatic rings. The number of carbonyl (C=O) groups excluding carboxylic acids is 1. The molecule has 0 fully saturated rings. The molecule has 1 N–H and O–H groups in total. The largest absolute Gasteiger partial charge is 0.325 e. The normalized spacial score (nSPS) is 11.1. The lowest BCUT2D eigenvalue weighted by Gasteiger charge is -2.25. The van der Waals surface area contributed by atoms with E-state index in [0.29, 0.717) is 10.7 Å². The van der Waals surface area contributed by atoms with E-state index in [4.69, 9.17) is 23.2 Å². The van der Waals surface area contributed by atoms with E-state index in [9.17, 15) is 13.2 Å². The predicted octanol–water partition coefficient (Wildman–Crippen LogP) is 5.14. The molecule has 0 atom stereocenters. The molecule has 0 aliphatic heterocycles. The summed E-state index contributed by atoms with van der Waals surface area (Å²) in [6.07, 6.45) is 0. The van der Waals surface area contributed by atoms with Gasteiger partial charge in [0.1, 0.15) is 6.54 Å². The van der Waals surface area contributed by atoms with E-state index in [0.717, 1.165) is 9.87 Å². The van der Waals surface area contributed by atoms with Gasteiger partial charge in [-0.15, -0.1) is 0 Å². The maximum Gasteiger partial charge on any atom is 0.264 e. The lowest BCUT2D eigenvalue weighted by molar-refractivity contribution is -0.114. The number of carbonyl (C=O) groups is 1. The van der Waals surface area contributed by atoms with Gasteiger partial charge in [-0.2, -0.15) is 0 Å². The molecule has 0 saturated heterocycles. The number of nitrogens with one attached hydrogen (secondary N) is 1. The highest BCUT2D eigenvalue weighted by Crippen LogP contribution is 2.32. The first-order chi connectivity index (χ1) is 13.8. The van der Waals surface area contributed by atoms with E-state index in [1.807, 2.05) is 19.1 Å². The summed E-state index contributed by atoms with van der Waals surface area (Å²) in [4.78, 5) is 12.7. The Labute approximate surface area is 179 Å². The van der Waals surface area contributed by atoms with Crippen LogP contribution in [0.5, 0.6) is 0 Å². The van der Waals surface area contributed by atoms with Crippen molar-refractivity contribution in [1.82, 2.24) is 0 Å². The van der Waals surface area contributed by atoms with Gasteiger partial charge in [0.15, 0.2) is 0 Å². The molecule has 0 heterocycles. The maximum atomic E-state index is 13.3. The molecule has 3 aromatic carbocycles. The molecule has 0 radical (unpaired) electrons. The van der Waals surface area contributed by atoms with Crippen molar-refractivity contribution in [3.63, 3.8) is 0 Å². The van der Waals surface area contributed by atoms with Gasteiger partial charge in [-0.25, -0.2) is 8.42 Å². The van der Waals surface area contributed by atoms with Gasteiger partial charge in [-0.05, 0) is 49.4 Å². The maximum absolute atomic E-state index is 13.3. The highest BCUT2D eigenvalue weighted by Gasteiger charge is 2.28. The molecule has 150 valence electrons. The molecular weight excluding hydrogens is 431 g/mol. The minimum Gasteiger partial charge on any atom is -0.325 e. The molecule has 0 spiro atoms. The Kier molecular flexibility index (Phi) is 6.47. The summed E-state index contributed by atoms with van der Waals surface area (Å²) in [5.41, 5.74) is 1.78. The fourth-order valence-electron chi connectivity index (χ4n) is 2.67. The van der Waals surface area contributed by atoms with Crippen molar-refractivity contribution < 1.29 is 13.2 Å².